The van der Waals surface area contributed by atoms with E-state index in [1.54, 1.807) is 0 Å². The summed E-state index contributed by atoms with van der Waals surface area (Å²) in [6.07, 6.45) is 1.60. The standard InChI is InChI=1S/C8H10O4/c1-12-8(11)7-3-6(10)2-5(7)4-9/h3-6,10H,2H2,1H3. The van der Waals surface area contributed by atoms with Gasteiger partial charge < -0.3 is 14.6 Å². The highest BCUT2D eigenvalue weighted by atomic mass is 16.5. The number of hydrogen-bond acceptors (Lipinski definition) is 4. The van der Waals surface area contributed by atoms with Gasteiger partial charge in [0.2, 0.25) is 0 Å². The van der Waals surface area contributed by atoms with E-state index in [1.165, 1.54) is 13.2 Å². The highest BCUT2D eigenvalue weighted by Gasteiger charge is 2.29. The van der Waals surface area contributed by atoms with Crippen molar-refractivity contribution < 1.29 is 19.4 Å². The lowest BCUT2D eigenvalue weighted by Crippen LogP contribution is -2.12. The zero-order chi connectivity index (χ0) is 9.14. The van der Waals surface area contributed by atoms with Crippen LogP contribution >= 0.6 is 0 Å². The van der Waals surface area contributed by atoms with Gasteiger partial charge in [0.15, 0.2) is 0 Å². The number of carbonyl (C=O) groups excluding carboxylic acids is 2. The molecule has 0 spiro atoms. The van der Waals surface area contributed by atoms with Crippen molar-refractivity contribution in [2.45, 2.75) is 12.5 Å². The summed E-state index contributed by atoms with van der Waals surface area (Å²) >= 11 is 0. The maximum Gasteiger partial charge on any atom is 0.334 e. The number of esters is 1. The molecule has 0 amide bonds. The molecule has 0 bridgehead atoms. The Morgan fingerprint density at radius 3 is 3.00 bits per heavy atom. The molecule has 4 nitrogen and oxygen atoms in total. The van der Waals surface area contributed by atoms with Crippen molar-refractivity contribution in [3.63, 3.8) is 0 Å². The minimum Gasteiger partial charge on any atom is -0.466 e. The van der Waals surface area contributed by atoms with E-state index in [4.69, 9.17) is 5.11 Å². The van der Waals surface area contributed by atoms with Crippen molar-refractivity contribution >= 4 is 12.3 Å². The third-order valence-corrected chi connectivity index (χ3v) is 1.85. The molecule has 2 atom stereocenters. The number of rotatable bonds is 2. The van der Waals surface area contributed by atoms with E-state index in [9.17, 15) is 9.59 Å². The number of methoxy groups -OCH3 is 1. The summed E-state index contributed by atoms with van der Waals surface area (Å²) in [4.78, 5) is 21.4. The van der Waals surface area contributed by atoms with Gasteiger partial charge in [-0.05, 0) is 12.5 Å². The average Bonchev–Trinajstić information content (AvgIpc) is 2.45. The van der Waals surface area contributed by atoms with Crippen LogP contribution in [0.5, 0.6) is 0 Å². The van der Waals surface area contributed by atoms with Crippen molar-refractivity contribution in [3.8, 4) is 0 Å². The van der Waals surface area contributed by atoms with Gasteiger partial charge in [-0.25, -0.2) is 4.79 Å². The van der Waals surface area contributed by atoms with Gasteiger partial charge in [-0.15, -0.1) is 0 Å². The molecular formula is C8H10O4. The molecule has 0 aromatic rings. The Balaban J connectivity index is 2.79. The van der Waals surface area contributed by atoms with Gasteiger partial charge in [0, 0.05) is 11.5 Å². The minimum atomic E-state index is -0.700. The summed E-state index contributed by atoms with van der Waals surface area (Å²) in [5.74, 6) is -1.05. The Morgan fingerprint density at radius 2 is 2.50 bits per heavy atom. The first-order valence-corrected chi connectivity index (χ1v) is 3.62. The van der Waals surface area contributed by atoms with Crippen LogP contribution < -0.4 is 0 Å². The maximum absolute atomic E-state index is 11.0. The van der Waals surface area contributed by atoms with Crippen LogP contribution in [0.25, 0.3) is 0 Å². The molecule has 1 aliphatic carbocycles. The van der Waals surface area contributed by atoms with E-state index in [0.717, 1.165) is 0 Å². The lowest BCUT2D eigenvalue weighted by Gasteiger charge is -2.04. The van der Waals surface area contributed by atoms with Gasteiger partial charge >= 0.3 is 5.97 Å². The zero-order valence-corrected chi connectivity index (χ0v) is 6.69. The second-order valence-corrected chi connectivity index (χ2v) is 2.66. The number of aliphatic hydroxyl groups is 1. The van der Waals surface area contributed by atoms with Crippen molar-refractivity contribution in [3.05, 3.63) is 11.6 Å². The van der Waals surface area contributed by atoms with Gasteiger partial charge in [-0.3, -0.25) is 0 Å². The summed E-state index contributed by atoms with van der Waals surface area (Å²) in [6.45, 7) is 0. The molecule has 2 unspecified atom stereocenters. The number of aldehydes is 1. The van der Waals surface area contributed by atoms with E-state index in [0.29, 0.717) is 6.29 Å². The maximum atomic E-state index is 11.0. The number of ether oxygens (including phenoxy) is 1. The van der Waals surface area contributed by atoms with Crippen LogP contribution in [0.1, 0.15) is 6.42 Å². The fraction of sp³-hybridized carbons (Fsp3) is 0.500. The Kier molecular flexibility index (Phi) is 2.60. The van der Waals surface area contributed by atoms with Crippen molar-refractivity contribution in [1.82, 2.24) is 0 Å². The van der Waals surface area contributed by atoms with E-state index in [2.05, 4.69) is 4.74 Å². The van der Waals surface area contributed by atoms with E-state index in [1.807, 2.05) is 0 Å². The predicted molar refractivity (Wildman–Crippen MR) is 40.3 cm³/mol. The van der Waals surface area contributed by atoms with Gasteiger partial charge in [0.1, 0.15) is 6.29 Å². The molecular weight excluding hydrogens is 160 g/mol. The zero-order valence-electron chi connectivity index (χ0n) is 6.69. The topological polar surface area (TPSA) is 63.6 Å². The van der Waals surface area contributed by atoms with Crippen LogP contribution in [0.4, 0.5) is 0 Å². The summed E-state index contributed by atoms with van der Waals surface area (Å²) in [5, 5.41) is 9.10. The Morgan fingerprint density at radius 1 is 1.83 bits per heavy atom. The van der Waals surface area contributed by atoms with Crippen LogP contribution in [-0.2, 0) is 14.3 Å². The van der Waals surface area contributed by atoms with Gasteiger partial charge in [-0.1, -0.05) is 0 Å². The van der Waals surface area contributed by atoms with Crippen LogP contribution in [0.15, 0.2) is 11.6 Å². The molecule has 0 fully saturated rings. The van der Waals surface area contributed by atoms with Crippen LogP contribution in [-0.4, -0.2) is 30.6 Å². The van der Waals surface area contributed by atoms with Crippen molar-refractivity contribution in [1.29, 1.82) is 0 Å². The molecule has 0 saturated carbocycles. The van der Waals surface area contributed by atoms with Crippen molar-refractivity contribution in [2.75, 3.05) is 7.11 Å². The Labute approximate surface area is 69.8 Å². The monoisotopic (exact) mass is 170 g/mol. The van der Waals surface area contributed by atoms with Crippen LogP contribution in [0.2, 0.25) is 0 Å². The minimum absolute atomic E-state index is 0.264. The molecule has 66 valence electrons. The molecule has 1 aliphatic rings. The number of hydrogen-bond donors (Lipinski definition) is 1. The Hall–Kier alpha value is -1.16. The molecule has 0 radical (unpaired) electrons. The second kappa shape index (κ2) is 3.49. The molecule has 0 aromatic carbocycles. The summed E-state index contributed by atoms with van der Waals surface area (Å²) in [7, 11) is 1.25. The van der Waals surface area contributed by atoms with Crippen LogP contribution in [0, 0.1) is 5.92 Å². The molecule has 12 heavy (non-hydrogen) atoms. The van der Waals surface area contributed by atoms with E-state index < -0.39 is 18.0 Å². The predicted octanol–water partition coefficient (Wildman–Crippen LogP) is -0.335. The quantitative estimate of drug-likeness (QED) is 0.455. The normalized spacial score (nSPS) is 28.0. The average molecular weight is 170 g/mol. The summed E-state index contributed by atoms with van der Waals surface area (Å²) < 4.78 is 4.44. The fourth-order valence-corrected chi connectivity index (χ4v) is 1.25. The smallest absolute Gasteiger partial charge is 0.334 e. The lowest BCUT2D eigenvalue weighted by molar-refractivity contribution is -0.137. The lowest BCUT2D eigenvalue weighted by atomic mass is 10.0. The fourth-order valence-electron chi connectivity index (χ4n) is 1.25. The summed E-state index contributed by atoms with van der Waals surface area (Å²) in [5.41, 5.74) is 0.264. The third kappa shape index (κ3) is 1.53. The van der Waals surface area contributed by atoms with Gasteiger partial charge in [0.05, 0.1) is 13.2 Å². The molecule has 0 saturated heterocycles. The molecule has 1 rings (SSSR count). The Bertz CT molecular complexity index is 231. The highest BCUT2D eigenvalue weighted by Crippen LogP contribution is 2.24. The molecule has 0 aliphatic heterocycles. The number of carbonyl (C=O) groups is 2. The van der Waals surface area contributed by atoms with Gasteiger partial charge in [0.25, 0.3) is 0 Å². The summed E-state index contributed by atoms with van der Waals surface area (Å²) in [6, 6.07) is 0. The first kappa shape index (κ1) is 8.93. The second-order valence-electron chi connectivity index (χ2n) is 2.66. The van der Waals surface area contributed by atoms with E-state index in [-0.39, 0.29) is 12.0 Å². The molecule has 1 N–H and O–H groups in total. The van der Waals surface area contributed by atoms with Crippen molar-refractivity contribution in [2.24, 2.45) is 5.92 Å². The molecule has 0 aromatic heterocycles. The SMILES string of the molecule is COC(=O)C1=CC(O)CC1C=O. The van der Waals surface area contributed by atoms with Crippen LogP contribution in [0.3, 0.4) is 0 Å². The van der Waals surface area contributed by atoms with Gasteiger partial charge in [-0.2, -0.15) is 0 Å². The first-order chi connectivity index (χ1) is 5.69. The molecule has 4 heteroatoms. The van der Waals surface area contributed by atoms with E-state index >= 15 is 0 Å². The largest absolute Gasteiger partial charge is 0.466 e. The highest BCUT2D eigenvalue weighted by molar-refractivity contribution is 5.93. The molecule has 0 heterocycles. The number of aliphatic hydroxyl groups excluding tert-OH is 1. The third-order valence-electron chi connectivity index (χ3n) is 1.85. The first-order valence-electron chi connectivity index (χ1n) is 3.62.